The molecule has 0 saturated carbocycles. The molecule has 0 saturated heterocycles. The summed E-state index contributed by atoms with van der Waals surface area (Å²) in [5.74, 6) is 0.221. The Morgan fingerprint density at radius 3 is 2.42 bits per heavy atom. The number of rotatable bonds is 4. The Morgan fingerprint density at radius 1 is 0.968 bits per heavy atom. The van der Waals surface area contributed by atoms with Gasteiger partial charge in [-0.1, -0.05) is 17.7 Å². The van der Waals surface area contributed by atoms with E-state index in [-0.39, 0.29) is 11.6 Å². The van der Waals surface area contributed by atoms with E-state index in [1.165, 1.54) is 17.5 Å². The zero-order chi connectivity index (χ0) is 21.4. The Balaban J connectivity index is 1.44. The van der Waals surface area contributed by atoms with Crippen LogP contribution in [0.1, 0.15) is 16.1 Å². The van der Waals surface area contributed by atoms with Crippen LogP contribution in [0.25, 0.3) is 22.5 Å². The minimum Gasteiger partial charge on any atom is -0.320 e. The quantitative estimate of drug-likeness (QED) is 0.467. The summed E-state index contributed by atoms with van der Waals surface area (Å²) < 4.78 is 1.63. The van der Waals surface area contributed by atoms with Gasteiger partial charge in [0.2, 0.25) is 0 Å². The van der Waals surface area contributed by atoms with E-state index in [4.69, 9.17) is 11.6 Å². The molecular formula is C21H15ClN8O. The highest BCUT2D eigenvalue weighted by Crippen LogP contribution is 2.23. The molecular weight excluding hydrogens is 416 g/mol. The highest BCUT2D eigenvalue weighted by Gasteiger charge is 2.13. The lowest BCUT2D eigenvalue weighted by Crippen LogP contribution is -2.15. The van der Waals surface area contributed by atoms with Gasteiger partial charge < -0.3 is 5.32 Å². The van der Waals surface area contributed by atoms with Crippen LogP contribution in [0.5, 0.6) is 0 Å². The van der Waals surface area contributed by atoms with E-state index >= 15 is 0 Å². The summed E-state index contributed by atoms with van der Waals surface area (Å²) >= 11 is 5.95. The molecule has 3 heterocycles. The van der Waals surface area contributed by atoms with Crippen molar-refractivity contribution in [1.82, 2.24) is 34.7 Å². The average Bonchev–Trinajstić information content (AvgIpc) is 3.45. The predicted molar refractivity (Wildman–Crippen MR) is 116 cm³/mol. The number of amides is 1. The van der Waals surface area contributed by atoms with Crippen LogP contribution in [0.3, 0.4) is 0 Å². The normalized spacial score (nSPS) is 11.0. The summed E-state index contributed by atoms with van der Waals surface area (Å²) in [6.45, 7) is 1.90. The second-order valence-corrected chi connectivity index (χ2v) is 7.26. The van der Waals surface area contributed by atoms with Crippen molar-refractivity contribution >= 4 is 34.2 Å². The Kier molecular flexibility index (Phi) is 4.64. The number of hydrogen-bond donors (Lipinski definition) is 1. The molecule has 0 aliphatic carbocycles. The molecule has 31 heavy (non-hydrogen) atoms. The smallest absolute Gasteiger partial charge is 0.274 e. The molecule has 0 atom stereocenters. The molecule has 0 unspecified atom stereocenters. The van der Waals surface area contributed by atoms with Crippen molar-refractivity contribution in [3.63, 3.8) is 0 Å². The van der Waals surface area contributed by atoms with Gasteiger partial charge in [0.25, 0.3) is 5.91 Å². The number of pyridine rings is 1. The number of nitrogens with one attached hydrogen (secondary N) is 1. The van der Waals surface area contributed by atoms with Gasteiger partial charge in [-0.2, -0.15) is 4.80 Å². The van der Waals surface area contributed by atoms with Crippen LogP contribution < -0.4 is 5.32 Å². The molecule has 152 valence electrons. The SMILES string of the molecule is Cc1cc2nn(-c3ccc(Cl)cc3)nc2cc1NC(=O)c1cccc(-n2cnnc2)n1. The lowest BCUT2D eigenvalue weighted by Gasteiger charge is -2.08. The Morgan fingerprint density at radius 2 is 1.68 bits per heavy atom. The molecule has 5 rings (SSSR count). The summed E-state index contributed by atoms with van der Waals surface area (Å²) in [5, 5.41) is 20.1. The van der Waals surface area contributed by atoms with Gasteiger partial charge in [-0.05, 0) is 61.0 Å². The maximum absolute atomic E-state index is 12.8. The van der Waals surface area contributed by atoms with Gasteiger partial charge in [0.1, 0.15) is 35.2 Å². The van der Waals surface area contributed by atoms with E-state index in [0.717, 1.165) is 16.8 Å². The number of aromatic nitrogens is 7. The summed E-state index contributed by atoms with van der Waals surface area (Å²) in [4.78, 5) is 18.7. The third kappa shape index (κ3) is 3.74. The van der Waals surface area contributed by atoms with Gasteiger partial charge in [-0.3, -0.25) is 9.36 Å². The van der Waals surface area contributed by atoms with Gasteiger partial charge in [0.05, 0.1) is 5.69 Å². The maximum atomic E-state index is 12.8. The molecule has 2 aromatic carbocycles. The van der Waals surface area contributed by atoms with Crippen molar-refractivity contribution in [2.45, 2.75) is 6.92 Å². The number of benzene rings is 2. The minimum atomic E-state index is -0.331. The predicted octanol–water partition coefficient (Wildman–Crippen LogP) is 3.61. The van der Waals surface area contributed by atoms with Gasteiger partial charge in [0.15, 0.2) is 0 Å². The lowest BCUT2D eigenvalue weighted by molar-refractivity contribution is 0.102. The number of nitrogens with zero attached hydrogens (tertiary/aromatic N) is 7. The number of hydrogen-bond acceptors (Lipinski definition) is 6. The fourth-order valence-electron chi connectivity index (χ4n) is 3.09. The third-order valence-corrected chi connectivity index (χ3v) is 4.93. The molecule has 1 amide bonds. The largest absolute Gasteiger partial charge is 0.320 e. The minimum absolute atomic E-state index is 0.274. The number of carbonyl (C=O) groups excluding carboxylic acids is 1. The van der Waals surface area contributed by atoms with Gasteiger partial charge in [0, 0.05) is 10.7 Å². The topological polar surface area (TPSA) is 103 Å². The van der Waals surface area contributed by atoms with E-state index in [0.29, 0.717) is 22.0 Å². The molecule has 0 aliphatic heterocycles. The van der Waals surface area contributed by atoms with Crippen LogP contribution in [0.4, 0.5) is 5.69 Å². The van der Waals surface area contributed by atoms with Crippen LogP contribution in [0, 0.1) is 6.92 Å². The maximum Gasteiger partial charge on any atom is 0.274 e. The first-order valence-electron chi connectivity index (χ1n) is 9.34. The number of halogens is 1. The second-order valence-electron chi connectivity index (χ2n) is 6.83. The molecule has 0 spiro atoms. The van der Waals surface area contributed by atoms with Crippen molar-refractivity contribution in [2.24, 2.45) is 0 Å². The zero-order valence-electron chi connectivity index (χ0n) is 16.3. The molecule has 0 bridgehead atoms. The average molecular weight is 431 g/mol. The van der Waals surface area contributed by atoms with Crippen LogP contribution in [-0.4, -0.2) is 40.6 Å². The summed E-state index contributed by atoms with van der Waals surface area (Å²) in [5.41, 5.74) is 3.94. The standard InChI is InChI=1S/C21H15ClN8O/c1-13-9-18-19(28-30(27-18)15-7-5-14(22)6-8-15)10-17(13)26-21(31)16-3-2-4-20(25-16)29-11-23-24-12-29/h2-12H,1H3,(H,26,31). The van der Waals surface area contributed by atoms with Crippen LogP contribution in [0.2, 0.25) is 5.02 Å². The highest BCUT2D eigenvalue weighted by atomic mass is 35.5. The fraction of sp³-hybridized carbons (Fsp3) is 0.0476. The van der Waals surface area contributed by atoms with Gasteiger partial charge in [-0.15, -0.1) is 20.4 Å². The highest BCUT2D eigenvalue weighted by molar-refractivity contribution is 6.30. The molecule has 10 heteroatoms. The molecule has 0 fully saturated rings. The Bertz CT molecular complexity index is 1390. The fourth-order valence-corrected chi connectivity index (χ4v) is 3.22. The second kappa shape index (κ2) is 7.62. The number of aryl methyl sites for hydroxylation is 1. The first kappa shape index (κ1) is 18.9. The van der Waals surface area contributed by atoms with E-state index in [9.17, 15) is 4.79 Å². The monoisotopic (exact) mass is 430 g/mol. The Hall–Kier alpha value is -4.11. The summed E-state index contributed by atoms with van der Waals surface area (Å²) in [7, 11) is 0. The number of carbonyl (C=O) groups is 1. The molecule has 9 nitrogen and oxygen atoms in total. The van der Waals surface area contributed by atoms with Crippen molar-refractivity contribution in [1.29, 1.82) is 0 Å². The summed E-state index contributed by atoms with van der Waals surface area (Å²) in [6, 6.07) is 16.1. The Labute approximate surface area is 181 Å². The van der Waals surface area contributed by atoms with Crippen LogP contribution >= 0.6 is 11.6 Å². The van der Waals surface area contributed by atoms with Crippen LogP contribution in [-0.2, 0) is 0 Å². The van der Waals surface area contributed by atoms with Crippen molar-refractivity contribution in [2.75, 3.05) is 5.32 Å². The van der Waals surface area contributed by atoms with Crippen LogP contribution in [0.15, 0.2) is 67.3 Å². The summed E-state index contributed by atoms with van der Waals surface area (Å²) in [6.07, 6.45) is 3.04. The van der Waals surface area contributed by atoms with E-state index in [1.807, 2.05) is 25.1 Å². The van der Waals surface area contributed by atoms with E-state index in [2.05, 4.69) is 30.7 Å². The van der Waals surface area contributed by atoms with Gasteiger partial charge in [-0.25, -0.2) is 4.98 Å². The number of fused-ring (bicyclic) bond motifs is 1. The molecule has 0 aliphatic rings. The molecule has 5 aromatic rings. The number of anilines is 1. The van der Waals surface area contributed by atoms with Crippen molar-refractivity contribution in [3.8, 4) is 11.5 Å². The van der Waals surface area contributed by atoms with Crippen molar-refractivity contribution in [3.05, 3.63) is 83.5 Å². The molecule has 3 aromatic heterocycles. The first-order chi connectivity index (χ1) is 15.1. The van der Waals surface area contributed by atoms with E-state index in [1.54, 1.807) is 41.0 Å². The first-order valence-corrected chi connectivity index (χ1v) is 9.72. The zero-order valence-corrected chi connectivity index (χ0v) is 17.0. The third-order valence-electron chi connectivity index (χ3n) is 4.68. The van der Waals surface area contributed by atoms with Gasteiger partial charge >= 0.3 is 0 Å². The van der Waals surface area contributed by atoms with E-state index < -0.39 is 0 Å². The molecule has 0 radical (unpaired) electrons. The van der Waals surface area contributed by atoms with Crippen molar-refractivity contribution < 1.29 is 4.79 Å². The lowest BCUT2D eigenvalue weighted by atomic mass is 10.1. The molecule has 1 N–H and O–H groups in total.